The van der Waals surface area contributed by atoms with Crippen LogP contribution in [0.2, 0.25) is 0 Å². The normalized spacial score (nSPS) is 16.2. The molecule has 2 aromatic rings. The summed E-state index contributed by atoms with van der Waals surface area (Å²) in [5, 5.41) is 14.4. The number of aliphatic imine (C=N–C) groups is 1. The highest BCUT2D eigenvalue weighted by molar-refractivity contribution is 6.09. The van der Waals surface area contributed by atoms with Crippen molar-refractivity contribution >= 4 is 29.2 Å². The van der Waals surface area contributed by atoms with Gasteiger partial charge >= 0.3 is 0 Å². The number of hydrogen-bond donors (Lipinski definition) is 1. The molecule has 0 aromatic heterocycles. The molecule has 1 unspecified atom stereocenters. The molecule has 1 saturated heterocycles. The molecule has 1 heterocycles. The SMILES string of the molecule is COc1ccc(N(C)C(=O)c2cc([N+](=O)[O-])ccc2N=CC2CCCN2)c(F)c1. The van der Waals surface area contributed by atoms with Gasteiger partial charge in [0.2, 0.25) is 0 Å². The van der Waals surface area contributed by atoms with Crippen LogP contribution in [0.1, 0.15) is 23.2 Å². The molecule has 0 saturated carbocycles. The third kappa shape index (κ3) is 4.57. The lowest BCUT2D eigenvalue weighted by molar-refractivity contribution is -0.384. The highest BCUT2D eigenvalue weighted by Crippen LogP contribution is 2.29. The molecular weight excluding hydrogens is 379 g/mol. The number of amides is 1. The summed E-state index contributed by atoms with van der Waals surface area (Å²) in [6, 6.07) is 8.07. The first-order chi connectivity index (χ1) is 13.9. The van der Waals surface area contributed by atoms with E-state index in [0.717, 1.165) is 36.4 Å². The molecular formula is C20H21FN4O4. The molecule has 9 heteroatoms. The van der Waals surface area contributed by atoms with Gasteiger partial charge < -0.3 is 15.0 Å². The number of anilines is 1. The first-order valence-corrected chi connectivity index (χ1v) is 9.08. The minimum absolute atomic E-state index is 0.0196. The van der Waals surface area contributed by atoms with Crippen LogP contribution in [0.3, 0.4) is 0 Å². The highest BCUT2D eigenvalue weighted by Gasteiger charge is 2.23. The smallest absolute Gasteiger partial charge is 0.270 e. The second kappa shape index (κ2) is 8.78. The van der Waals surface area contributed by atoms with Crippen molar-refractivity contribution in [2.75, 3.05) is 25.6 Å². The zero-order valence-corrected chi connectivity index (χ0v) is 16.1. The molecule has 1 aliphatic heterocycles. The van der Waals surface area contributed by atoms with Gasteiger partial charge in [0, 0.05) is 37.5 Å². The Morgan fingerprint density at radius 2 is 2.17 bits per heavy atom. The van der Waals surface area contributed by atoms with E-state index in [1.54, 1.807) is 6.21 Å². The van der Waals surface area contributed by atoms with Crippen LogP contribution in [0, 0.1) is 15.9 Å². The van der Waals surface area contributed by atoms with Gasteiger partial charge in [-0.05, 0) is 37.6 Å². The van der Waals surface area contributed by atoms with Crippen LogP contribution in [0.5, 0.6) is 5.75 Å². The lowest BCUT2D eigenvalue weighted by Crippen LogP contribution is -2.27. The van der Waals surface area contributed by atoms with Crippen molar-refractivity contribution in [3.8, 4) is 5.75 Å². The fourth-order valence-electron chi connectivity index (χ4n) is 3.11. The lowest BCUT2D eigenvalue weighted by Gasteiger charge is -2.19. The molecule has 152 valence electrons. The predicted octanol–water partition coefficient (Wildman–Crippen LogP) is 3.47. The fraction of sp³-hybridized carbons (Fsp3) is 0.300. The summed E-state index contributed by atoms with van der Waals surface area (Å²) in [5.41, 5.74) is 0.0887. The third-order valence-electron chi connectivity index (χ3n) is 4.73. The minimum Gasteiger partial charge on any atom is -0.497 e. The Morgan fingerprint density at radius 3 is 2.79 bits per heavy atom. The van der Waals surface area contributed by atoms with E-state index in [1.807, 2.05) is 0 Å². The second-order valence-electron chi connectivity index (χ2n) is 6.62. The van der Waals surface area contributed by atoms with E-state index in [0.29, 0.717) is 5.75 Å². The molecule has 2 aromatic carbocycles. The van der Waals surface area contributed by atoms with Gasteiger partial charge in [0.1, 0.15) is 5.75 Å². The fourth-order valence-corrected chi connectivity index (χ4v) is 3.11. The number of non-ortho nitro benzene ring substituents is 1. The van der Waals surface area contributed by atoms with Crippen molar-refractivity contribution in [2.24, 2.45) is 4.99 Å². The monoisotopic (exact) mass is 400 g/mol. The summed E-state index contributed by atoms with van der Waals surface area (Å²) in [6.07, 6.45) is 3.65. The molecule has 1 fully saturated rings. The molecule has 8 nitrogen and oxygen atoms in total. The molecule has 1 amide bonds. The molecule has 0 bridgehead atoms. The Morgan fingerprint density at radius 1 is 1.38 bits per heavy atom. The summed E-state index contributed by atoms with van der Waals surface area (Å²) in [5.74, 6) is -0.938. The number of hydrogen-bond acceptors (Lipinski definition) is 6. The molecule has 0 radical (unpaired) electrons. The van der Waals surface area contributed by atoms with E-state index in [2.05, 4.69) is 10.3 Å². The van der Waals surface area contributed by atoms with Crippen molar-refractivity contribution in [3.63, 3.8) is 0 Å². The summed E-state index contributed by atoms with van der Waals surface area (Å²) in [7, 11) is 2.81. The minimum atomic E-state index is -0.647. The van der Waals surface area contributed by atoms with Crippen LogP contribution in [0.4, 0.5) is 21.5 Å². The van der Waals surface area contributed by atoms with Crippen LogP contribution in [-0.4, -0.2) is 43.8 Å². The number of carbonyl (C=O) groups is 1. The topological polar surface area (TPSA) is 97.1 Å². The van der Waals surface area contributed by atoms with Gasteiger partial charge in [0.05, 0.1) is 29.0 Å². The van der Waals surface area contributed by atoms with E-state index in [4.69, 9.17) is 4.74 Å². The van der Waals surface area contributed by atoms with Crippen LogP contribution < -0.4 is 15.0 Å². The second-order valence-corrected chi connectivity index (χ2v) is 6.62. The highest BCUT2D eigenvalue weighted by atomic mass is 19.1. The predicted molar refractivity (Wildman–Crippen MR) is 108 cm³/mol. The lowest BCUT2D eigenvalue weighted by atomic mass is 10.1. The molecule has 0 aliphatic carbocycles. The van der Waals surface area contributed by atoms with E-state index in [1.165, 1.54) is 38.4 Å². The van der Waals surface area contributed by atoms with E-state index in [9.17, 15) is 19.3 Å². The maximum atomic E-state index is 14.4. The van der Waals surface area contributed by atoms with Crippen molar-refractivity contribution in [1.29, 1.82) is 0 Å². The van der Waals surface area contributed by atoms with E-state index in [-0.39, 0.29) is 28.7 Å². The van der Waals surface area contributed by atoms with Gasteiger partial charge in [-0.25, -0.2) is 4.39 Å². The number of halogens is 1. The molecule has 29 heavy (non-hydrogen) atoms. The van der Waals surface area contributed by atoms with Crippen molar-refractivity contribution in [1.82, 2.24) is 5.32 Å². The molecule has 1 aliphatic rings. The average Bonchev–Trinajstić information content (AvgIpc) is 3.24. The zero-order chi connectivity index (χ0) is 21.0. The molecule has 1 atom stereocenters. The van der Waals surface area contributed by atoms with Gasteiger partial charge in [0.25, 0.3) is 11.6 Å². The average molecular weight is 400 g/mol. The van der Waals surface area contributed by atoms with Gasteiger partial charge in [0.15, 0.2) is 5.82 Å². The Labute approximate surface area is 167 Å². The van der Waals surface area contributed by atoms with Gasteiger partial charge in [-0.3, -0.25) is 19.9 Å². The first kappa shape index (κ1) is 20.4. The maximum Gasteiger partial charge on any atom is 0.270 e. The number of nitrogens with zero attached hydrogens (tertiary/aromatic N) is 3. The Hall–Kier alpha value is -3.33. The third-order valence-corrected chi connectivity index (χ3v) is 4.73. The zero-order valence-electron chi connectivity index (χ0n) is 16.1. The molecule has 1 N–H and O–H groups in total. The van der Waals surface area contributed by atoms with Crippen molar-refractivity contribution in [2.45, 2.75) is 18.9 Å². The number of benzene rings is 2. The van der Waals surface area contributed by atoms with Crippen molar-refractivity contribution < 1.29 is 18.8 Å². The van der Waals surface area contributed by atoms with Gasteiger partial charge in [-0.1, -0.05) is 0 Å². The van der Waals surface area contributed by atoms with E-state index < -0.39 is 16.6 Å². The standard InChI is InChI=1S/C20H21FN4O4/c1-24(19-8-6-15(29-2)11-17(19)21)20(26)16-10-14(25(27)28)5-7-18(16)23-12-13-4-3-9-22-13/h5-8,10-13,22H,3-4,9H2,1-2H3. The molecule has 0 spiro atoms. The number of carbonyl (C=O) groups excluding carboxylic acids is 1. The number of ether oxygens (including phenoxy) is 1. The van der Waals surface area contributed by atoms with Crippen molar-refractivity contribution in [3.05, 3.63) is 57.9 Å². The first-order valence-electron chi connectivity index (χ1n) is 9.08. The van der Waals surface area contributed by atoms with Crippen LogP contribution in [0.25, 0.3) is 0 Å². The Kier molecular flexibility index (Phi) is 6.18. The molecule has 3 rings (SSSR count). The number of nitro groups is 1. The number of nitrogens with one attached hydrogen (secondary N) is 1. The Balaban J connectivity index is 1.96. The van der Waals surface area contributed by atoms with Gasteiger partial charge in [-0.2, -0.15) is 0 Å². The van der Waals surface area contributed by atoms with Crippen LogP contribution in [-0.2, 0) is 0 Å². The number of rotatable bonds is 6. The Bertz CT molecular complexity index is 957. The summed E-state index contributed by atoms with van der Waals surface area (Å²) in [6.45, 7) is 0.891. The van der Waals surface area contributed by atoms with Crippen LogP contribution >= 0.6 is 0 Å². The van der Waals surface area contributed by atoms with E-state index >= 15 is 0 Å². The quantitative estimate of drug-likeness (QED) is 0.455. The van der Waals surface area contributed by atoms with Gasteiger partial charge in [-0.15, -0.1) is 0 Å². The summed E-state index contributed by atoms with van der Waals surface area (Å²) >= 11 is 0. The maximum absolute atomic E-state index is 14.4. The number of nitro benzene ring substituents is 1. The van der Waals surface area contributed by atoms with Crippen LogP contribution in [0.15, 0.2) is 41.4 Å². The number of methoxy groups -OCH3 is 1. The largest absolute Gasteiger partial charge is 0.497 e. The summed E-state index contributed by atoms with van der Waals surface area (Å²) in [4.78, 5) is 29.1. The summed E-state index contributed by atoms with van der Waals surface area (Å²) < 4.78 is 19.4.